The van der Waals surface area contributed by atoms with E-state index in [9.17, 15) is 13.2 Å². The molecule has 0 aliphatic rings. The number of benzene rings is 1. The van der Waals surface area contributed by atoms with Gasteiger partial charge in [-0.1, -0.05) is 15.9 Å². The van der Waals surface area contributed by atoms with Gasteiger partial charge in [0.15, 0.2) is 0 Å². The minimum Gasteiger partial charge on any atom is -0.275 e. The number of hydrogen-bond donors (Lipinski definition) is 2. The second-order valence-corrected chi connectivity index (χ2v) is 5.10. The Morgan fingerprint density at radius 3 is 2.55 bits per heavy atom. The van der Waals surface area contributed by atoms with Crippen molar-refractivity contribution in [1.82, 2.24) is 15.2 Å². The highest BCUT2D eigenvalue weighted by Gasteiger charge is 2.32. The van der Waals surface area contributed by atoms with Gasteiger partial charge in [-0.15, -0.1) is 0 Å². The predicted molar refractivity (Wildman–Crippen MR) is 71.5 cm³/mol. The summed E-state index contributed by atoms with van der Waals surface area (Å²) in [6.45, 7) is 0. The fourth-order valence-electron chi connectivity index (χ4n) is 1.86. The van der Waals surface area contributed by atoms with Crippen molar-refractivity contribution in [3.63, 3.8) is 0 Å². The standard InChI is InChI=1S/C12H12BrF3N4/c1-20-5-4-10(19-20)11(18-17)8-6-7(12(14,15)16)2-3-9(8)13/h2-6,11,18H,17H2,1H3. The highest BCUT2D eigenvalue weighted by molar-refractivity contribution is 9.10. The number of nitrogens with zero attached hydrogens (tertiary/aromatic N) is 2. The van der Waals surface area contributed by atoms with E-state index in [4.69, 9.17) is 5.84 Å². The summed E-state index contributed by atoms with van der Waals surface area (Å²) in [6.07, 6.45) is -2.71. The van der Waals surface area contributed by atoms with Crippen LogP contribution in [0.2, 0.25) is 0 Å². The molecule has 2 aromatic rings. The van der Waals surface area contributed by atoms with E-state index < -0.39 is 17.8 Å². The normalized spacial score (nSPS) is 13.5. The second kappa shape index (κ2) is 5.55. The van der Waals surface area contributed by atoms with Gasteiger partial charge in [0.25, 0.3) is 0 Å². The van der Waals surface area contributed by atoms with Gasteiger partial charge in [0.05, 0.1) is 17.3 Å². The van der Waals surface area contributed by atoms with Crippen LogP contribution in [-0.2, 0) is 13.2 Å². The van der Waals surface area contributed by atoms with Crippen molar-refractivity contribution in [3.05, 3.63) is 51.8 Å². The zero-order chi connectivity index (χ0) is 14.9. The predicted octanol–water partition coefficient (Wildman–Crippen LogP) is 2.75. The van der Waals surface area contributed by atoms with Crippen LogP contribution < -0.4 is 11.3 Å². The summed E-state index contributed by atoms with van der Waals surface area (Å²) < 4.78 is 40.4. The quantitative estimate of drug-likeness (QED) is 0.662. The molecule has 0 fully saturated rings. The fraction of sp³-hybridized carbons (Fsp3) is 0.250. The van der Waals surface area contributed by atoms with E-state index in [2.05, 4.69) is 26.5 Å². The molecule has 0 saturated carbocycles. The first-order valence-corrected chi connectivity index (χ1v) is 6.44. The van der Waals surface area contributed by atoms with Crippen molar-refractivity contribution >= 4 is 15.9 Å². The Bertz CT molecular complexity index is 609. The maximum absolute atomic E-state index is 12.8. The molecule has 4 nitrogen and oxygen atoms in total. The Balaban J connectivity index is 2.49. The molecule has 2 rings (SSSR count). The number of hydrogen-bond acceptors (Lipinski definition) is 3. The first-order valence-electron chi connectivity index (χ1n) is 5.65. The third-order valence-corrected chi connectivity index (χ3v) is 3.55. The van der Waals surface area contributed by atoms with E-state index in [0.717, 1.165) is 12.1 Å². The Labute approximate surface area is 121 Å². The SMILES string of the molecule is Cn1ccc(C(NN)c2cc(C(F)(F)F)ccc2Br)n1. The number of rotatable bonds is 3. The number of hydrazine groups is 1. The van der Waals surface area contributed by atoms with Crippen molar-refractivity contribution in [2.24, 2.45) is 12.9 Å². The number of halogens is 4. The largest absolute Gasteiger partial charge is 0.416 e. The van der Waals surface area contributed by atoms with Gasteiger partial charge in [0.2, 0.25) is 0 Å². The maximum atomic E-state index is 12.8. The first-order chi connectivity index (χ1) is 9.32. The van der Waals surface area contributed by atoms with Crippen molar-refractivity contribution in [2.75, 3.05) is 0 Å². The summed E-state index contributed by atoms with van der Waals surface area (Å²) in [4.78, 5) is 0. The summed E-state index contributed by atoms with van der Waals surface area (Å²) >= 11 is 3.25. The van der Waals surface area contributed by atoms with Crippen LogP contribution in [0.5, 0.6) is 0 Å². The number of nitrogens with two attached hydrogens (primary N) is 1. The summed E-state index contributed by atoms with van der Waals surface area (Å²) in [7, 11) is 1.72. The summed E-state index contributed by atoms with van der Waals surface area (Å²) in [5.41, 5.74) is 2.68. The van der Waals surface area contributed by atoms with Crippen LogP contribution in [0.4, 0.5) is 13.2 Å². The van der Waals surface area contributed by atoms with Crippen LogP contribution in [0.3, 0.4) is 0 Å². The lowest BCUT2D eigenvalue weighted by atomic mass is 10.0. The number of aromatic nitrogens is 2. The molecule has 0 spiro atoms. The Hall–Kier alpha value is -1.38. The molecule has 0 bridgehead atoms. The van der Waals surface area contributed by atoms with E-state index in [-0.39, 0.29) is 0 Å². The number of aryl methyl sites for hydroxylation is 1. The molecule has 1 aromatic carbocycles. The van der Waals surface area contributed by atoms with E-state index in [0.29, 0.717) is 15.7 Å². The van der Waals surface area contributed by atoms with Gasteiger partial charge in [0.1, 0.15) is 0 Å². The highest BCUT2D eigenvalue weighted by atomic mass is 79.9. The summed E-state index contributed by atoms with van der Waals surface area (Å²) in [5.74, 6) is 5.47. The monoisotopic (exact) mass is 348 g/mol. The minimum atomic E-state index is -4.40. The van der Waals surface area contributed by atoms with Crippen LogP contribution in [0.15, 0.2) is 34.9 Å². The van der Waals surface area contributed by atoms with Crippen LogP contribution in [0, 0.1) is 0 Å². The zero-order valence-electron chi connectivity index (χ0n) is 10.4. The lowest BCUT2D eigenvalue weighted by molar-refractivity contribution is -0.137. The molecule has 3 N–H and O–H groups in total. The van der Waals surface area contributed by atoms with Gasteiger partial charge in [0, 0.05) is 17.7 Å². The molecular weight excluding hydrogens is 337 g/mol. The van der Waals surface area contributed by atoms with E-state index in [1.807, 2.05) is 0 Å². The Morgan fingerprint density at radius 2 is 2.05 bits per heavy atom. The maximum Gasteiger partial charge on any atom is 0.416 e. The Morgan fingerprint density at radius 1 is 1.35 bits per heavy atom. The highest BCUT2D eigenvalue weighted by Crippen LogP contribution is 2.35. The lowest BCUT2D eigenvalue weighted by Crippen LogP contribution is -2.29. The molecule has 0 aliphatic heterocycles. The molecular formula is C12H12BrF3N4. The molecule has 8 heteroatoms. The third kappa shape index (κ3) is 3.02. The molecule has 0 aliphatic carbocycles. The topological polar surface area (TPSA) is 55.9 Å². The molecule has 0 amide bonds. The average molecular weight is 349 g/mol. The third-order valence-electron chi connectivity index (χ3n) is 2.83. The van der Waals surface area contributed by atoms with Gasteiger partial charge < -0.3 is 0 Å². The molecule has 1 atom stereocenters. The van der Waals surface area contributed by atoms with Gasteiger partial charge in [-0.2, -0.15) is 18.3 Å². The minimum absolute atomic E-state index is 0.376. The number of alkyl halides is 3. The summed E-state index contributed by atoms with van der Waals surface area (Å²) in [5, 5.41) is 4.16. The summed E-state index contributed by atoms with van der Waals surface area (Å²) in [6, 6.07) is 4.49. The van der Waals surface area contributed by atoms with Gasteiger partial charge >= 0.3 is 6.18 Å². The van der Waals surface area contributed by atoms with Crippen molar-refractivity contribution in [2.45, 2.75) is 12.2 Å². The van der Waals surface area contributed by atoms with Crippen LogP contribution in [0.25, 0.3) is 0 Å². The van der Waals surface area contributed by atoms with Crippen LogP contribution in [0.1, 0.15) is 22.9 Å². The van der Waals surface area contributed by atoms with Gasteiger partial charge in [-0.05, 0) is 29.8 Å². The molecule has 20 heavy (non-hydrogen) atoms. The van der Waals surface area contributed by atoms with Crippen molar-refractivity contribution in [1.29, 1.82) is 0 Å². The molecule has 0 radical (unpaired) electrons. The van der Waals surface area contributed by atoms with Gasteiger partial charge in [-0.3, -0.25) is 10.5 Å². The molecule has 0 saturated heterocycles. The van der Waals surface area contributed by atoms with E-state index >= 15 is 0 Å². The fourth-order valence-corrected chi connectivity index (χ4v) is 2.34. The van der Waals surface area contributed by atoms with Crippen LogP contribution in [-0.4, -0.2) is 9.78 Å². The van der Waals surface area contributed by atoms with Crippen molar-refractivity contribution < 1.29 is 13.2 Å². The molecule has 1 unspecified atom stereocenters. The molecule has 1 heterocycles. The Kier molecular flexibility index (Phi) is 4.17. The molecule has 1 aromatic heterocycles. The molecule has 108 valence electrons. The van der Waals surface area contributed by atoms with Crippen molar-refractivity contribution in [3.8, 4) is 0 Å². The number of nitrogens with one attached hydrogen (secondary N) is 1. The van der Waals surface area contributed by atoms with E-state index in [1.165, 1.54) is 6.07 Å². The second-order valence-electron chi connectivity index (χ2n) is 4.25. The lowest BCUT2D eigenvalue weighted by Gasteiger charge is -2.18. The zero-order valence-corrected chi connectivity index (χ0v) is 12.0. The van der Waals surface area contributed by atoms with Crippen LogP contribution >= 0.6 is 15.9 Å². The smallest absolute Gasteiger partial charge is 0.275 e. The van der Waals surface area contributed by atoms with E-state index in [1.54, 1.807) is 24.0 Å². The first kappa shape index (κ1) is 15.0. The van der Waals surface area contributed by atoms with Gasteiger partial charge in [-0.25, -0.2) is 5.43 Å². The average Bonchev–Trinajstić information content (AvgIpc) is 2.77.